The van der Waals surface area contributed by atoms with E-state index in [1.807, 2.05) is 120 Å². The molecule has 0 saturated carbocycles. The van der Waals surface area contributed by atoms with Gasteiger partial charge in [0.2, 0.25) is 5.78 Å². The maximum absolute atomic E-state index is 9.79. The van der Waals surface area contributed by atoms with Gasteiger partial charge in [-0.3, -0.25) is 8.97 Å². The molecule has 2 aromatic heterocycles. The van der Waals surface area contributed by atoms with Crippen LogP contribution in [0.2, 0.25) is 13.0 Å². The summed E-state index contributed by atoms with van der Waals surface area (Å²) in [5.41, 5.74) is 16.4. The van der Waals surface area contributed by atoms with Gasteiger partial charge in [-0.25, -0.2) is 4.98 Å². The molecule has 1 aliphatic heterocycles. The first-order chi connectivity index (χ1) is 46.1. The molecule has 0 radical (unpaired) electrons. The second kappa shape index (κ2) is 20.8. The fourth-order valence-electron chi connectivity index (χ4n) is 13.7. The van der Waals surface area contributed by atoms with Crippen molar-refractivity contribution in [3.63, 3.8) is 0 Å². The molecule has 14 aromatic rings. The van der Waals surface area contributed by atoms with Gasteiger partial charge in [-0.1, -0.05) is 260 Å². The molecule has 86 heavy (non-hydrogen) atoms. The molecule has 0 amide bonds. The molecule has 0 unspecified atom stereocenters. The predicted octanol–water partition coefficient (Wildman–Crippen LogP) is 14.6. The normalized spacial score (nSPS) is 15.1. The smallest absolute Gasteiger partial charge is 0.388 e. The third-order valence-corrected chi connectivity index (χ3v) is 19.9. The summed E-state index contributed by atoms with van der Waals surface area (Å²) in [5, 5.41) is 0.512. The average Bonchev–Trinajstić information content (AvgIpc) is 0.831. The number of rotatable bonds is 9. The summed E-state index contributed by atoms with van der Waals surface area (Å²) >= 11 is 0. The number of para-hydroxylation sites is 5. The molecule has 3 heterocycles. The number of imidazole rings is 2. The Morgan fingerprint density at radius 2 is 0.721 bits per heavy atom. The summed E-state index contributed by atoms with van der Waals surface area (Å²) in [6.07, 6.45) is 0. The number of nitrogens with zero attached hydrogens (tertiary/aromatic N) is 6. The second-order valence-electron chi connectivity index (χ2n) is 22.4. The number of fused-ring (bicyclic) bond motifs is 13. The minimum absolute atomic E-state index is 0.173. The van der Waals surface area contributed by atoms with E-state index in [1.165, 1.54) is 0 Å². The molecule has 0 atom stereocenters. The zero-order valence-electron chi connectivity index (χ0n) is 55.8. The van der Waals surface area contributed by atoms with Crippen molar-refractivity contribution in [3.05, 3.63) is 309 Å². The second-order valence-corrected chi connectivity index (χ2v) is 25.0. The van der Waals surface area contributed by atoms with Gasteiger partial charge in [-0.2, -0.15) is 0 Å². The van der Waals surface area contributed by atoms with Gasteiger partial charge in [0.25, 0.3) is 0 Å². The lowest BCUT2D eigenvalue weighted by atomic mass is 9.37. The summed E-state index contributed by atoms with van der Waals surface area (Å²) < 4.78 is 95.5. The fourth-order valence-corrected chi connectivity index (χ4v) is 15.4. The molecule has 406 valence electrons. The molecule has 0 bridgehead atoms. The number of aryl methyl sites for hydroxylation is 1. The van der Waals surface area contributed by atoms with Crippen LogP contribution in [0.1, 0.15) is 17.9 Å². The number of aromatic nitrogens is 3. The number of benzene rings is 12. The Morgan fingerprint density at radius 3 is 1.23 bits per heavy atom. The van der Waals surface area contributed by atoms with Crippen LogP contribution in [0.15, 0.2) is 303 Å². The van der Waals surface area contributed by atoms with E-state index < -0.39 is 41.8 Å². The Kier molecular flexibility index (Phi) is 10.3. The van der Waals surface area contributed by atoms with Crippen LogP contribution in [0.3, 0.4) is 0 Å². The Hall–Kier alpha value is -10.3. The van der Waals surface area contributed by atoms with Crippen molar-refractivity contribution in [1.29, 1.82) is 0 Å². The highest BCUT2D eigenvalue weighted by atomic mass is 28.3. The zero-order chi connectivity index (χ0) is 65.0. The first-order valence-corrected chi connectivity index (χ1v) is 31.2. The van der Waals surface area contributed by atoms with Gasteiger partial charge < -0.3 is 14.2 Å². The highest BCUT2D eigenvalue weighted by Crippen LogP contribution is 2.48. The molecule has 10 heteroatoms. The third kappa shape index (κ3) is 8.30. The van der Waals surface area contributed by atoms with Crippen LogP contribution in [0.25, 0.3) is 78.0 Å². The van der Waals surface area contributed by atoms with E-state index in [9.17, 15) is 8.22 Å². The van der Waals surface area contributed by atoms with Gasteiger partial charge in [-0.05, 0) is 140 Å². The first-order valence-electron chi connectivity index (χ1n) is 33.7. The van der Waals surface area contributed by atoms with Crippen LogP contribution in [0.4, 0.5) is 17.1 Å². The van der Waals surface area contributed by atoms with E-state index in [1.54, 1.807) is 30.3 Å². The molecule has 0 N–H and O–H groups in total. The Balaban J connectivity index is 0.891. The van der Waals surface area contributed by atoms with E-state index >= 15 is 0 Å². The van der Waals surface area contributed by atoms with Crippen molar-refractivity contribution in [2.75, 3.05) is 14.2 Å². The van der Waals surface area contributed by atoms with Crippen molar-refractivity contribution in [2.45, 2.75) is 19.8 Å². The Bertz CT molecular complexity index is 5110. The average molecular weight is 1130 g/mol. The van der Waals surface area contributed by atoms with Crippen molar-refractivity contribution >= 4 is 101 Å². The quantitative estimate of drug-likeness (QED) is 0.135. The van der Waals surface area contributed by atoms with E-state index in [4.69, 9.17) is 9.10 Å². The topological polar surface area (TPSA) is 32.0 Å². The van der Waals surface area contributed by atoms with E-state index in [-0.39, 0.29) is 22.9 Å². The monoisotopic (exact) mass is 1130 g/mol. The Morgan fingerprint density at radius 1 is 0.326 bits per heavy atom. The molecule has 1 fully saturated rings. The maximum Gasteiger partial charge on any atom is 0.388 e. The van der Waals surface area contributed by atoms with Crippen LogP contribution in [0.5, 0.6) is 0 Å². The summed E-state index contributed by atoms with van der Waals surface area (Å²) in [7, 11) is -4.96. The highest BCUT2D eigenvalue weighted by molar-refractivity contribution is 7.15. The molecular formula is C76H59B3N6Si. The van der Waals surface area contributed by atoms with Crippen LogP contribution in [-0.4, -0.2) is 43.0 Å². The minimum atomic E-state index is -4.96. The molecular weight excluding hydrogens is 1060 g/mol. The lowest BCUT2D eigenvalue weighted by Crippen LogP contribution is -2.86. The lowest BCUT2D eigenvalue weighted by molar-refractivity contribution is 1.11. The summed E-state index contributed by atoms with van der Waals surface area (Å²) in [5.74, 6) is 0.555. The third-order valence-electron chi connectivity index (χ3n) is 17.5. The van der Waals surface area contributed by atoms with E-state index in [0.29, 0.717) is 22.4 Å². The lowest BCUT2D eigenvalue weighted by Gasteiger charge is -2.57. The molecule has 16 rings (SSSR count). The van der Waals surface area contributed by atoms with Crippen molar-refractivity contribution in [2.24, 2.45) is 0 Å². The largest absolute Gasteiger partial charge is 0.416 e. The molecule has 2 aliphatic rings. The van der Waals surface area contributed by atoms with Crippen LogP contribution >= 0.6 is 0 Å². The fraction of sp³-hybridized carbons (Fsp3) is 0.0395. The van der Waals surface area contributed by atoms with Crippen molar-refractivity contribution in [3.8, 4) is 50.2 Å². The van der Waals surface area contributed by atoms with Crippen molar-refractivity contribution < 1.29 is 12.3 Å². The van der Waals surface area contributed by atoms with Crippen molar-refractivity contribution in [1.82, 2.24) is 14.0 Å². The maximum atomic E-state index is 9.79. The van der Waals surface area contributed by atoms with E-state index in [2.05, 4.69) is 176 Å². The van der Waals surface area contributed by atoms with Gasteiger partial charge in [0.15, 0.2) is 0 Å². The van der Waals surface area contributed by atoms with Gasteiger partial charge >= 0.3 is 20.9 Å². The summed E-state index contributed by atoms with van der Waals surface area (Å²) in [4.78, 5) is 5.12. The molecule has 6 nitrogen and oxygen atoms in total. The van der Waals surface area contributed by atoms with Gasteiger partial charge in [0.05, 0.1) is 22.1 Å². The molecule has 0 spiro atoms. The van der Waals surface area contributed by atoms with Gasteiger partial charge in [-0.15, -0.1) is 0 Å². The first kappa shape index (κ1) is 42.5. The van der Waals surface area contributed by atoms with Crippen LogP contribution in [0, 0.1) is 6.85 Å². The number of anilines is 3. The predicted molar refractivity (Wildman–Crippen MR) is 369 cm³/mol. The van der Waals surface area contributed by atoms with Gasteiger partial charge in [0.1, 0.15) is 8.07 Å². The molecule has 12 aromatic carbocycles. The molecule has 1 aliphatic carbocycles. The SMILES string of the molecule is [2H]C([2H])([2H])c1cccc2c1nc1n(-c3ccc4c(c3)-c3ccccc3-c3cc([Si](c5ccc(N6B(c7ccccc7)N(c7ccccc7)B(c7ccccc7)N(c7ccccc7)B6c6ccccc6)cc5)(C([2H])([2H])[2H])C([2H])([2H])[2H])ccc3-c3ccccc3-4)c3ccccc3n21. The van der Waals surface area contributed by atoms with Crippen LogP contribution in [-0.2, 0) is 0 Å². The zero-order valence-corrected chi connectivity index (χ0v) is 47.8. The summed E-state index contributed by atoms with van der Waals surface area (Å²) in [6.45, 7) is -9.75. The van der Waals surface area contributed by atoms with Crippen LogP contribution < -0.4 is 40.9 Å². The number of hydrogen-bond donors (Lipinski definition) is 0. The summed E-state index contributed by atoms with van der Waals surface area (Å²) in [6, 6.07) is 101. The minimum Gasteiger partial charge on any atom is -0.416 e. The molecule has 1 saturated heterocycles. The highest BCUT2D eigenvalue weighted by Gasteiger charge is 2.56. The van der Waals surface area contributed by atoms with E-state index in [0.717, 1.165) is 89.1 Å². The van der Waals surface area contributed by atoms with Gasteiger partial charge in [0, 0.05) is 35.1 Å². The standard InChI is InChI=1S/C76H59B3N6Si/c1-54-26-25-43-74-75(54)80-76-81(72-41-23-24-42-73(72)82(74)76)61-46-50-68-64-37-19-20-38-65(64)69-51-49-63(53-71(69)67-40-22-21-39-66(67)70(68)52-61)86(2,3)62-47-44-60(45-48-62)85-78(56-29-11-5-12-30-56)83(58-33-15-7-16-34-58)77(55-27-9-4-10-28-55)84(59-35-17-8-18-36-59)79(85)57-31-13-6-14-32-57/h4-53H,1-3H3/i1D3,2D3,3D3. The number of hydrogen-bond acceptors (Lipinski definition) is 4. The Labute approximate surface area is 517 Å².